The summed E-state index contributed by atoms with van der Waals surface area (Å²) in [5.74, 6) is 0.0304. The van der Waals surface area contributed by atoms with Crippen molar-refractivity contribution >= 4 is 27.7 Å². The van der Waals surface area contributed by atoms with Gasteiger partial charge in [-0.05, 0) is 56.5 Å². The van der Waals surface area contributed by atoms with Crippen LogP contribution >= 0.6 is 15.9 Å². The Morgan fingerprint density at radius 2 is 1.85 bits per heavy atom. The van der Waals surface area contributed by atoms with E-state index in [1.54, 1.807) is 0 Å². The number of carbonyl (C=O) groups is 2. The maximum atomic E-state index is 12.9. The highest BCUT2D eigenvalue weighted by atomic mass is 79.9. The summed E-state index contributed by atoms with van der Waals surface area (Å²) in [7, 11) is 0. The van der Waals surface area contributed by atoms with Crippen molar-refractivity contribution in [3.05, 3.63) is 34.3 Å². The van der Waals surface area contributed by atoms with Crippen LogP contribution in [0.25, 0.3) is 0 Å². The maximum Gasteiger partial charge on any atom is 0.241 e. The molecule has 0 aromatic heterocycles. The zero-order valence-corrected chi connectivity index (χ0v) is 17.5. The predicted molar refractivity (Wildman–Crippen MR) is 110 cm³/mol. The number of hydrogen-bond acceptors (Lipinski definition) is 3. The standard InChI is InChI=1S/C21H30BrN3O2/c22-17-8-6-7-16(15-17)20(25-13-4-5-14-25)21(27)23-12-11-19(26)24-18-9-2-1-3-10-18/h6-8,15,18,20H,1-5,9-14H2,(H,23,27)(H,24,26)/t20-/m1/s1. The van der Waals surface area contributed by atoms with E-state index < -0.39 is 0 Å². The van der Waals surface area contributed by atoms with Crippen LogP contribution in [0.5, 0.6) is 0 Å². The summed E-state index contributed by atoms with van der Waals surface area (Å²) in [5.41, 5.74) is 0.996. The smallest absolute Gasteiger partial charge is 0.241 e. The zero-order valence-electron chi connectivity index (χ0n) is 15.9. The Balaban J connectivity index is 1.52. The number of amides is 2. The minimum absolute atomic E-state index is 0.0135. The molecule has 2 N–H and O–H groups in total. The van der Waals surface area contributed by atoms with Gasteiger partial charge in [-0.2, -0.15) is 0 Å². The third-order valence-corrected chi connectivity index (χ3v) is 6.03. The van der Waals surface area contributed by atoms with Crippen molar-refractivity contribution in [2.45, 2.75) is 63.5 Å². The third kappa shape index (κ3) is 6.04. The molecule has 2 amide bonds. The van der Waals surface area contributed by atoms with Gasteiger partial charge in [-0.15, -0.1) is 0 Å². The Bertz CT molecular complexity index is 640. The van der Waals surface area contributed by atoms with E-state index in [0.717, 1.165) is 48.8 Å². The topological polar surface area (TPSA) is 61.4 Å². The average molecular weight is 436 g/mol. The molecule has 1 aromatic carbocycles. The Kier molecular flexibility index (Phi) is 7.70. The largest absolute Gasteiger partial charge is 0.354 e. The average Bonchev–Trinajstić information content (AvgIpc) is 3.17. The number of nitrogens with zero attached hydrogens (tertiary/aromatic N) is 1. The van der Waals surface area contributed by atoms with Crippen molar-refractivity contribution in [2.75, 3.05) is 19.6 Å². The van der Waals surface area contributed by atoms with Crippen molar-refractivity contribution in [1.29, 1.82) is 0 Å². The first-order valence-corrected chi connectivity index (χ1v) is 11.0. The molecule has 1 aliphatic heterocycles. The fourth-order valence-electron chi connectivity index (χ4n) is 4.15. The normalized spacial score (nSPS) is 19.6. The van der Waals surface area contributed by atoms with Crippen LogP contribution in [0.4, 0.5) is 0 Å². The molecule has 1 saturated carbocycles. The number of nitrogens with one attached hydrogen (secondary N) is 2. The number of benzene rings is 1. The molecule has 0 radical (unpaired) electrons. The molecule has 0 unspecified atom stereocenters. The Labute approximate surface area is 170 Å². The number of rotatable bonds is 7. The van der Waals surface area contributed by atoms with Gasteiger partial charge in [0.25, 0.3) is 0 Å². The molecule has 27 heavy (non-hydrogen) atoms. The van der Waals surface area contributed by atoms with Crippen molar-refractivity contribution in [3.63, 3.8) is 0 Å². The highest BCUT2D eigenvalue weighted by Crippen LogP contribution is 2.27. The van der Waals surface area contributed by atoms with Crippen LogP contribution in [0, 0.1) is 0 Å². The molecule has 3 rings (SSSR count). The summed E-state index contributed by atoms with van der Waals surface area (Å²) < 4.78 is 0.976. The SMILES string of the molecule is O=C(CCNC(=O)[C@@H](c1cccc(Br)c1)N1CCCC1)NC1CCCCC1. The van der Waals surface area contributed by atoms with E-state index in [2.05, 4.69) is 31.5 Å². The molecule has 2 fully saturated rings. The van der Waals surface area contributed by atoms with Gasteiger partial charge in [-0.3, -0.25) is 14.5 Å². The fraction of sp³-hybridized carbons (Fsp3) is 0.619. The summed E-state index contributed by atoms with van der Waals surface area (Å²) in [6.45, 7) is 2.26. The lowest BCUT2D eigenvalue weighted by Gasteiger charge is -2.27. The first-order chi connectivity index (χ1) is 13.1. The molecule has 1 saturated heterocycles. The predicted octanol–water partition coefficient (Wildman–Crippen LogP) is 3.54. The summed E-state index contributed by atoms with van der Waals surface area (Å²) in [4.78, 5) is 27.3. The maximum absolute atomic E-state index is 12.9. The second kappa shape index (κ2) is 10.2. The van der Waals surface area contributed by atoms with Crippen LogP contribution in [0.2, 0.25) is 0 Å². The van der Waals surface area contributed by atoms with E-state index in [0.29, 0.717) is 19.0 Å². The molecule has 2 aliphatic rings. The first kappa shape index (κ1) is 20.3. The van der Waals surface area contributed by atoms with E-state index >= 15 is 0 Å². The van der Waals surface area contributed by atoms with E-state index in [1.165, 1.54) is 19.3 Å². The molecule has 1 atom stereocenters. The molecule has 1 heterocycles. The molecule has 6 heteroatoms. The van der Waals surface area contributed by atoms with Crippen LogP contribution in [0.3, 0.4) is 0 Å². The molecule has 1 aromatic rings. The van der Waals surface area contributed by atoms with E-state index in [9.17, 15) is 9.59 Å². The van der Waals surface area contributed by atoms with E-state index in [-0.39, 0.29) is 17.9 Å². The Morgan fingerprint density at radius 1 is 1.11 bits per heavy atom. The molecular formula is C21H30BrN3O2. The van der Waals surface area contributed by atoms with Gasteiger partial charge in [-0.25, -0.2) is 0 Å². The van der Waals surface area contributed by atoms with E-state index in [1.807, 2.05) is 24.3 Å². The highest BCUT2D eigenvalue weighted by Gasteiger charge is 2.29. The lowest BCUT2D eigenvalue weighted by molar-refractivity contribution is -0.126. The minimum Gasteiger partial charge on any atom is -0.354 e. The van der Waals surface area contributed by atoms with Gasteiger partial charge in [0.1, 0.15) is 6.04 Å². The van der Waals surface area contributed by atoms with Crippen LogP contribution in [0.1, 0.15) is 63.0 Å². The van der Waals surface area contributed by atoms with Crippen molar-refractivity contribution < 1.29 is 9.59 Å². The molecule has 1 aliphatic carbocycles. The van der Waals surface area contributed by atoms with Gasteiger partial charge in [0.15, 0.2) is 0 Å². The number of likely N-dealkylation sites (tertiary alicyclic amines) is 1. The number of carbonyl (C=O) groups excluding carboxylic acids is 2. The molecule has 148 valence electrons. The van der Waals surface area contributed by atoms with Crippen LogP contribution in [-0.2, 0) is 9.59 Å². The van der Waals surface area contributed by atoms with Crippen LogP contribution in [-0.4, -0.2) is 42.4 Å². The molecular weight excluding hydrogens is 406 g/mol. The van der Waals surface area contributed by atoms with Gasteiger partial charge in [0, 0.05) is 23.5 Å². The van der Waals surface area contributed by atoms with Crippen molar-refractivity contribution in [2.24, 2.45) is 0 Å². The lowest BCUT2D eigenvalue weighted by Crippen LogP contribution is -2.41. The quantitative estimate of drug-likeness (QED) is 0.688. The summed E-state index contributed by atoms with van der Waals surface area (Å²) in [6.07, 6.45) is 8.43. The third-order valence-electron chi connectivity index (χ3n) is 5.54. The van der Waals surface area contributed by atoms with E-state index in [4.69, 9.17) is 0 Å². The number of halogens is 1. The second-order valence-electron chi connectivity index (χ2n) is 7.64. The molecule has 0 bridgehead atoms. The Morgan fingerprint density at radius 3 is 2.56 bits per heavy atom. The van der Waals surface area contributed by atoms with Gasteiger partial charge in [0.2, 0.25) is 11.8 Å². The summed E-state index contributed by atoms with van der Waals surface area (Å²) >= 11 is 3.50. The minimum atomic E-state index is -0.286. The first-order valence-electron chi connectivity index (χ1n) is 10.2. The summed E-state index contributed by atoms with van der Waals surface area (Å²) in [5, 5.41) is 6.10. The van der Waals surface area contributed by atoms with Crippen LogP contribution < -0.4 is 10.6 Å². The fourth-order valence-corrected chi connectivity index (χ4v) is 4.56. The summed E-state index contributed by atoms with van der Waals surface area (Å²) in [6, 6.07) is 7.99. The van der Waals surface area contributed by atoms with Gasteiger partial charge < -0.3 is 10.6 Å². The second-order valence-corrected chi connectivity index (χ2v) is 8.56. The lowest BCUT2D eigenvalue weighted by atomic mass is 9.95. The monoisotopic (exact) mass is 435 g/mol. The van der Waals surface area contributed by atoms with Crippen molar-refractivity contribution in [3.8, 4) is 0 Å². The highest BCUT2D eigenvalue weighted by molar-refractivity contribution is 9.10. The van der Waals surface area contributed by atoms with Crippen molar-refractivity contribution in [1.82, 2.24) is 15.5 Å². The molecule has 5 nitrogen and oxygen atoms in total. The number of hydrogen-bond donors (Lipinski definition) is 2. The van der Waals surface area contributed by atoms with Gasteiger partial charge >= 0.3 is 0 Å². The Hall–Kier alpha value is -1.40. The zero-order chi connectivity index (χ0) is 19.1. The molecule has 0 spiro atoms. The van der Waals surface area contributed by atoms with Crippen LogP contribution in [0.15, 0.2) is 28.7 Å². The van der Waals surface area contributed by atoms with Gasteiger partial charge in [-0.1, -0.05) is 47.3 Å². The van der Waals surface area contributed by atoms with Gasteiger partial charge in [0.05, 0.1) is 0 Å².